The molecule has 0 bridgehead atoms. The number of hydrogen-bond acceptors (Lipinski definition) is 3. The monoisotopic (exact) mass is 296 g/mol. The lowest BCUT2D eigenvalue weighted by atomic mass is 10.1. The molecule has 0 radical (unpaired) electrons. The Hall–Kier alpha value is -1.30. The molecule has 1 heterocycles. The van der Waals surface area contributed by atoms with Gasteiger partial charge >= 0.3 is 0 Å². The lowest BCUT2D eigenvalue weighted by Gasteiger charge is -2.36. The number of aliphatic imine (C=N–C) groups is 1. The molecule has 1 atom stereocenters. The summed E-state index contributed by atoms with van der Waals surface area (Å²) in [5, 5.41) is 13.3. The molecule has 2 rings (SSSR count). The maximum atomic E-state index is 12.2. The van der Waals surface area contributed by atoms with Crippen LogP contribution in [-0.2, 0) is 4.79 Å². The van der Waals surface area contributed by atoms with Crippen LogP contribution in [0.25, 0.3) is 0 Å². The Balaban J connectivity index is 1.98. The first-order chi connectivity index (χ1) is 9.96. The first-order valence-corrected chi connectivity index (χ1v) is 8.02. The number of nitrogens with zero attached hydrogens (tertiary/aromatic N) is 3. The van der Waals surface area contributed by atoms with Crippen LogP contribution < -0.4 is 5.32 Å². The Labute approximate surface area is 127 Å². The van der Waals surface area contributed by atoms with Gasteiger partial charge in [-0.15, -0.1) is 0 Å². The van der Waals surface area contributed by atoms with Gasteiger partial charge in [-0.1, -0.05) is 6.92 Å². The van der Waals surface area contributed by atoms with Crippen LogP contribution in [0.3, 0.4) is 0 Å². The molecule has 0 spiro atoms. The number of carbonyl (C=O) groups excluding carboxylic acids is 1. The van der Waals surface area contributed by atoms with E-state index in [1.54, 1.807) is 6.92 Å². The standard InChI is InChI=1S/C15H28N4O2/c1-4-15(3,21)11-17-14(16-5-2)18-8-9-19(12-6-7-12)13(20)10-18/h12,21H,4-11H2,1-3H3,(H,16,17). The third kappa shape index (κ3) is 4.33. The van der Waals surface area contributed by atoms with Gasteiger partial charge in [-0.3, -0.25) is 9.79 Å². The Morgan fingerprint density at radius 1 is 1.43 bits per heavy atom. The van der Waals surface area contributed by atoms with Gasteiger partial charge < -0.3 is 20.2 Å². The van der Waals surface area contributed by atoms with E-state index >= 15 is 0 Å². The van der Waals surface area contributed by atoms with Gasteiger partial charge in [-0.25, -0.2) is 0 Å². The Morgan fingerprint density at radius 3 is 2.67 bits per heavy atom. The van der Waals surface area contributed by atoms with Crippen LogP contribution in [0, 0.1) is 0 Å². The smallest absolute Gasteiger partial charge is 0.242 e. The molecule has 1 aliphatic heterocycles. The highest BCUT2D eigenvalue weighted by molar-refractivity contribution is 5.88. The van der Waals surface area contributed by atoms with E-state index in [1.807, 2.05) is 23.6 Å². The molecule has 1 aliphatic carbocycles. The minimum Gasteiger partial charge on any atom is -0.388 e. The van der Waals surface area contributed by atoms with Crippen molar-refractivity contribution in [3.8, 4) is 0 Å². The second-order valence-electron chi connectivity index (χ2n) is 6.26. The molecule has 0 aromatic heterocycles. The quantitative estimate of drug-likeness (QED) is 0.570. The average molecular weight is 296 g/mol. The third-order valence-corrected chi connectivity index (χ3v) is 4.21. The van der Waals surface area contributed by atoms with E-state index in [9.17, 15) is 9.90 Å². The highest BCUT2D eigenvalue weighted by atomic mass is 16.3. The fourth-order valence-corrected chi connectivity index (χ4v) is 2.42. The average Bonchev–Trinajstić information content (AvgIpc) is 3.28. The summed E-state index contributed by atoms with van der Waals surface area (Å²) in [6.07, 6.45) is 2.96. The summed E-state index contributed by atoms with van der Waals surface area (Å²) >= 11 is 0. The van der Waals surface area contributed by atoms with Crippen LogP contribution in [0.15, 0.2) is 4.99 Å². The van der Waals surface area contributed by atoms with E-state index < -0.39 is 5.60 Å². The van der Waals surface area contributed by atoms with Gasteiger partial charge in [0.05, 0.1) is 18.7 Å². The summed E-state index contributed by atoms with van der Waals surface area (Å²) < 4.78 is 0. The highest BCUT2D eigenvalue weighted by Crippen LogP contribution is 2.28. The molecule has 120 valence electrons. The van der Waals surface area contributed by atoms with Crippen LogP contribution in [0.5, 0.6) is 0 Å². The molecule has 0 aromatic carbocycles. The SMILES string of the molecule is CCNC(=NCC(C)(O)CC)N1CCN(C2CC2)C(=O)C1. The summed E-state index contributed by atoms with van der Waals surface area (Å²) in [6, 6.07) is 0.486. The van der Waals surface area contributed by atoms with Crippen LogP contribution in [0.4, 0.5) is 0 Å². The van der Waals surface area contributed by atoms with Gasteiger partial charge in [0.25, 0.3) is 0 Å². The van der Waals surface area contributed by atoms with Crippen molar-refractivity contribution in [2.75, 3.05) is 32.7 Å². The highest BCUT2D eigenvalue weighted by Gasteiger charge is 2.36. The zero-order valence-electron chi connectivity index (χ0n) is 13.4. The summed E-state index contributed by atoms with van der Waals surface area (Å²) in [5.74, 6) is 0.923. The topological polar surface area (TPSA) is 68.2 Å². The summed E-state index contributed by atoms with van der Waals surface area (Å²) in [4.78, 5) is 20.7. The molecule has 2 aliphatic rings. The van der Waals surface area contributed by atoms with Crippen LogP contribution >= 0.6 is 0 Å². The summed E-state index contributed by atoms with van der Waals surface area (Å²) in [5.41, 5.74) is -0.791. The van der Waals surface area contributed by atoms with Gasteiger partial charge in [0.1, 0.15) is 0 Å². The molecule has 0 aromatic rings. The lowest BCUT2D eigenvalue weighted by molar-refractivity contribution is -0.135. The normalized spacial score (nSPS) is 23.2. The molecule has 21 heavy (non-hydrogen) atoms. The second kappa shape index (κ2) is 6.64. The number of rotatable bonds is 5. The largest absolute Gasteiger partial charge is 0.388 e. The minimum absolute atomic E-state index is 0.191. The van der Waals surface area contributed by atoms with Crippen molar-refractivity contribution in [2.45, 2.75) is 51.7 Å². The van der Waals surface area contributed by atoms with Crippen molar-refractivity contribution >= 4 is 11.9 Å². The second-order valence-corrected chi connectivity index (χ2v) is 6.26. The molecule has 1 amide bonds. The number of piperazine rings is 1. The minimum atomic E-state index is -0.791. The first-order valence-electron chi connectivity index (χ1n) is 8.02. The fraction of sp³-hybridized carbons (Fsp3) is 0.867. The zero-order chi connectivity index (χ0) is 15.5. The number of aliphatic hydroxyl groups is 1. The predicted molar refractivity (Wildman–Crippen MR) is 83.2 cm³/mol. The van der Waals surface area contributed by atoms with Gasteiger partial charge in [-0.2, -0.15) is 0 Å². The Morgan fingerprint density at radius 2 is 2.14 bits per heavy atom. The van der Waals surface area contributed by atoms with Gasteiger partial charge in [0.15, 0.2) is 5.96 Å². The number of carbonyl (C=O) groups is 1. The Bertz CT molecular complexity index is 404. The van der Waals surface area contributed by atoms with Gasteiger partial charge in [0.2, 0.25) is 5.91 Å². The molecular formula is C15H28N4O2. The lowest BCUT2D eigenvalue weighted by Crippen LogP contribution is -2.56. The van der Waals surface area contributed by atoms with Gasteiger partial charge in [0, 0.05) is 25.7 Å². The van der Waals surface area contributed by atoms with E-state index in [2.05, 4.69) is 10.3 Å². The molecule has 1 unspecified atom stereocenters. The maximum Gasteiger partial charge on any atom is 0.242 e. The number of guanidine groups is 1. The van der Waals surface area contributed by atoms with Crippen molar-refractivity contribution in [1.82, 2.24) is 15.1 Å². The molecule has 1 saturated carbocycles. The molecule has 6 heteroatoms. The molecular weight excluding hydrogens is 268 g/mol. The number of amides is 1. The van der Waals surface area contributed by atoms with Crippen molar-refractivity contribution in [2.24, 2.45) is 4.99 Å². The number of nitrogens with one attached hydrogen (secondary N) is 1. The zero-order valence-corrected chi connectivity index (χ0v) is 13.4. The molecule has 2 N–H and O–H groups in total. The van der Waals surface area contributed by atoms with E-state index in [4.69, 9.17) is 0 Å². The summed E-state index contributed by atoms with van der Waals surface area (Å²) in [6.45, 7) is 8.82. The van der Waals surface area contributed by atoms with Crippen LogP contribution in [0.1, 0.15) is 40.0 Å². The molecule has 6 nitrogen and oxygen atoms in total. The van der Waals surface area contributed by atoms with Crippen molar-refractivity contribution in [1.29, 1.82) is 0 Å². The molecule has 1 saturated heterocycles. The van der Waals surface area contributed by atoms with E-state index in [1.165, 1.54) is 0 Å². The molecule has 2 fully saturated rings. The number of hydrogen-bond donors (Lipinski definition) is 2. The Kier molecular flexibility index (Phi) is 5.08. The van der Waals surface area contributed by atoms with Crippen molar-refractivity contribution < 1.29 is 9.90 Å². The van der Waals surface area contributed by atoms with Crippen LogP contribution in [-0.4, -0.2) is 71.1 Å². The maximum absolute atomic E-state index is 12.2. The first kappa shape index (κ1) is 16.1. The van der Waals surface area contributed by atoms with Gasteiger partial charge in [-0.05, 0) is 33.1 Å². The van der Waals surface area contributed by atoms with Crippen molar-refractivity contribution in [3.63, 3.8) is 0 Å². The summed E-state index contributed by atoms with van der Waals surface area (Å²) in [7, 11) is 0. The van der Waals surface area contributed by atoms with E-state index in [-0.39, 0.29) is 5.91 Å². The third-order valence-electron chi connectivity index (χ3n) is 4.21. The van der Waals surface area contributed by atoms with Crippen LogP contribution in [0.2, 0.25) is 0 Å². The van der Waals surface area contributed by atoms with Crippen molar-refractivity contribution in [3.05, 3.63) is 0 Å². The van der Waals surface area contributed by atoms with E-state index in [0.717, 1.165) is 38.4 Å². The van der Waals surface area contributed by atoms with E-state index in [0.29, 0.717) is 25.6 Å². The fourth-order valence-electron chi connectivity index (χ4n) is 2.42. The predicted octanol–water partition coefficient (Wildman–Crippen LogP) is 0.420.